The van der Waals surface area contributed by atoms with Gasteiger partial charge in [0.2, 0.25) is 0 Å². The second-order valence-corrected chi connectivity index (χ2v) is 4.77. The summed E-state index contributed by atoms with van der Waals surface area (Å²) in [5.74, 6) is 0.859. The highest BCUT2D eigenvalue weighted by Crippen LogP contribution is 2.60. The first kappa shape index (κ1) is 7.84. The maximum atomic E-state index is 3.86. The topological polar surface area (TPSA) is 0 Å². The third-order valence-electron chi connectivity index (χ3n) is 2.94. The molecule has 0 heteroatoms. The van der Waals surface area contributed by atoms with E-state index in [1.165, 1.54) is 6.42 Å². The Hall–Kier alpha value is -0.260. The Morgan fingerprint density at radius 3 is 2.00 bits per heavy atom. The summed E-state index contributed by atoms with van der Waals surface area (Å²) >= 11 is 0. The van der Waals surface area contributed by atoms with Gasteiger partial charge in [-0.2, -0.15) is 0 Å². The summed E-state index contributed by atoms with van der Waals surface area (Å²) in [5, 5.41) is 0. The SMILES string of the molecule is C=CC(C)(C)[C@H]1CC1(C)C. The Morgan fingerprint density at radius 2 is 1.90 bits per heavy atom. The molecule has 1 rings (SSSR count). The van der Waals surface area contributed by atoms with Crippen LogP contribution in [0.2, 0.25) is 0 Å². The molecule has 0 aromatic carbocycles. The third kappa shape index (κ3) is 1.12. The molecular formula is C10H18. The molecule has 58 valence electrons. The zero-order valence-corrected chi connectivity index (χ0v) is 7.57. The molecule has 0 bridgehead atoms. The minimum atomic E-state index is 0.351. The van der Waals surface area contributed by atoms with Crippen molar-refractivity contribution in [1.82, 2.24) is 0 Å². The molecule has 1 fully saturated rings. The van der Waals surface area contributed by atoms with Crippen LogP contribution in [0, 0.1) is 16.7 Å². The van der Waals surface area contributed by atoms with Crippen LogP contribution >= 0.6 is 0 Å². The highest BCUT2D eigenvalue weighted by molar-refractivity contribution is 5.08. The van der Waals surface area contributed by atoms with Gasteiger partial charge in [0.1, 0.15) is 0 Å². The van der Waals surface area contributed by atoms with Crippen LogP contribution in [0.1, 0.15) is 34.1 Å². The van der Waals surface area contributed by atoms with Crippen molar-refractivity contribution in [2.24, 2.45) is 16.7 Å². The van der Waals surface area contributed by atoms with Gasteiger partial charge in [0.05, 0.1) is 0 Å². The Bertz CT molecular complexity index is 151. The number of rotatable bonds is 2. The normalized spacial score (nSPS) is 29.8. The van der Waals surface area contributed by atoms with Crippen molar-refractivity contribution < 1.29 is 0 Å². The van der Waals surface area contributed by atoms with Crippen LogP contribution in [0.15, 0.2) is 12.7 Å². The highest BCUT2D eigenvalue weighted by Gasteiger charge is 2.52. The molecule has 0 aromatic rings. The van der Waals surface area contributed by atoms with E-state index >= 15 is 0 Å². The molecule has 0 amide bonds. The number of hydrogen-bond acceptors (Lipinski definition) is 0. The van der Waals surface area contributed by atoms with Gasteiger partial charge in [-0.3, -0.25) is 0 Å². The summed E-state index contributed by atoms with van der Waals surface area (Å²) in [6.45, 7) is 13.1. The zero-order chi connectivity index (χ0) is 7.99. The summed E-state index contributed by atoms with van der Waals surface area (Å²) in [7, 11) is 0. The Kier molecular flexibility index (Phi) is 1.47. The lowest BCUT2D eigenvalue weighted by Gasteiger charge is -2.21. The van der Waals surface area contributed by atoms with Crippen molar-refractivity contribution in [2.75, 3.05) is 0 Å². The van der Waals surface area contributed by atoms with Crippen molar-refractivity contribution in [3.63, 3.8) is 0 Å². The van der Waals surface area contributed by atoms with E-state index in [1.807, 2.05) is 0 Å². The Balaban J connectivity index is 2.62. The molecule has 10 heavy (non-hydrogen) atoms. The predicted molar refractivity (Wildman–Crippen MR) is 45.9 cm³/mol. The van der Waals surface area contributed by atoms with Crippen LogP contribution in [-0.2, 0) is 0 Å². The summed E-state index contributed by atoms with van der Waals surface area (Å²) in [6.07, 6.45) is 3.46. The van der Waals surface area contributed by atoms with Gasteiger partial charge in [0.25, 0.3) is 0 Å². The molecule has 1 atom stereocenters. The minimum Gasteiger partial charge on any atom is -0.103 e. The van der Waals surface area contributed by atoms with Gasteiger partial charge in [-0.25, -0.2) is 0 Å². The summed E-state index contributed by atoms with van der Waals surface area (Å²) in [6, 6.07) is 0. The maximum absolute atomic E-state index is 3.86. The van der Waals surface area contributed by atoms with E-state index in [2.05, 4.69) is 40.3 Å². The van der Waals surface area contributed by atoms with Crippen molar-refractivity contribution in [3.05, 3.63) is 12.7 Å². The van der Waals surface area contributed by atoms with E-state index in [9.17, 15) is 0 Å². The van der Waals surface area contributed by atoms with Crippen LogP contribution < -0.4 is 0 Å². The van der Waals surface area contributed by atoms with Gasteiger partial charge in [-0.15, -0.1) is 6.58 Å². The molecule has 0 aromatic heterocycles. The highest BCUT2D eigenvalue weighted by atomic mass is 14.6. The fraction of sp³-hybridized carbons (Fsp3) is 0.800. The smallest absolute Gasteiger partial charge is 0.0144 e. The maximum Gasteiger partial charge on any atom is -0.0144 e. The van der Waals surface area contributed by atoms with Crippen LogP contribution in [0.3, 0.4) is 0 Å². The van der Waals surface area contributed by atoms with E-state index < -0.39 is 0 Å². The zero-order valence-electron chi connectivity index (χ0n) is 7.57. The van der Waals surface area contributed by atoms with Crippen LogP contribution in [0.25, 0.3) is 0 Å². The molecule has 0 aliphatic heterocycles. The van der Waals surface area contributed by atoms with Crippen LogP contribution in [0.5, 0.6) is 0 Å². The molecule has 0 unspecified atom stereocenters. The monoisotopic (exact) mass is 138 g/mol. The quantitative estimate of drug-likeness (QED) is 0.514. The summed E-state index contributed by atoms with van der Waals surface area (Å²) < 4.78 is 0. The number of hydrogen-bond donors (Lipinski definition) is 0. The average molecular weight is 138 g/mol. The lowest BCUT2D eigenvalue weighted by Crippen LogP contribution is -2.13. The second-order valence-electron chi connectivity index (χ2n) is 4.77. The van der Waals surface area contributed by atoms with E-state index in [1.54, 1.807) is 0 Å². The molecule has 1 saturated carbocycles. The van der Waals surface area contributed by atoms with Crippen molar-refractivity contribution in [3.8, 4) is 0 Å². The van der Waals surface area contributed by atoms with Gasteiger partial charge in [0.15, 0.2) is 0 Å². The Labute approximate surface area is 64.3 Å². The van der Waals surface area contributed by atoms with E-state index in [0.29, 0.717) is 10.8 Å². The van der Waals surface area contributed by atoms with Gasteiger partial charge >= 0.3 is 0 Å². The molecule has 0 nitrogen and oxygen atoms in total. The lowest BCUT2D eigenvalue weighted by atomic mass is 9.84. The summed E-state index contributed by atoms with van der Waals surface area (Å²) in [4.78, 5) is 0. The molecule has 0 saturated heterocycles. The summed E-state index contributed by atoms with van der Waals surface area (Å²) in [5.41, 5.74) is 0.932. The van der Waals surface area contributed by atoms with Gasteiger partial charge in [0, 0.05) is 0 Å². The van der Waals surface area contributed by atoms with Crippen LogP contribution in [-0.4, -0.2) is 0 Å². The molecule has 0 radical (unpaired) electrons. The lowest BCUT2D eigenvalue weighted by molar-refractivity contribution is 0.348. The van der Waals surface area contributed by atoms with Gasteiger partial charge in [-0.05, 0) is 23.2 Å². The van der Waals surface area contributed by atoms with Crippen molar-refractivity contribution >= 4 is 0 Å². The minimum absolute atomic E-state index is 0.351. The standard InChI is InChI=1S/C10H18/c1-6-9(2,3)8-7-10(8,4)5/h6,8H,1,7H2,2-5H3/t8-/m1/s1. The molecule has 0 spiro atoms. The van der Waals surface area contributed by atoms with E-state index in [-0.39, 0.29) is 0 Å². The Morgan fingerprint density at radius 1 is 1.50 bits per heavy atom. The molecule has 1 aliphatic rings. The van der Waals surface area contributed by atoms with E-state index in [4.69, 9.17) is 0 Å². The van der Waals surface area contributed by atoms with Crippen LogP contribution in [0.4, 0.5) is 0 Å². The largest absolute Gasteiger partial charge is 0.103 e. The fourth-order valence-electron chi connectivity index (χ4n) is 1.88. The first-order valence-electron chi connectivity index (χ1n) is 4.04. The first-order valence-corrected chi connectivity index (χ1v) is 4.04. The van der Waals surface area contributed by atoms with Crippen molar-refractivity contribution in [1.29, 1.82) is 0 Å². The number of allylic oxidation sites excluding steroid dienone is 1. The fourth-order valence-corrected chi connectivity index (χ4v) is 1.88. The predicted octanol–water partition coefficient (Wildman–Crippen LogP) is 3.24. The molecular weight excluding hydrogens is 120 g/mol. The third-order valence-corrected chi connectivity index (χ3v) is 2.94. The molecule has 0 N–H and O–H groups in total. The van der Waals surface area contributed by atoms with Crippen molar-refractivity contribution in [2.45, 2.75) is 34.1 Å². The van der Waals surface area contributed by atoms with Gasteiger partial charge in [-0.1, -0.05) is 33.8 Å². The molecule has 0 heterocycles. The second kappa shape index (κ2) is 1.87. The first-order chi connectivity index (χ1) is 4.40. The van der Waals surface area contributed by atoms with E-state index in [0.717, 1.165) is 5.92 Å². The van der Waals surface area contributed by atoms with Gasteiger partial charge < -0.3 is 0 Å². The molecule has 1 aliphatic carbocycles. The average Bonchev–Trinajstić information content (AvgIpc) is 2.41.